The molecule has 0 saturated carbocycles. The highest BCUT2D eigenvalue weighted by atomic mass is 16.5. The van der Waals surface area contributed by atoms with E-state index < -0.39 is 5.63 Å². The van der Waals surface area contributed by atoms with Crippen LogP contribution in [0.1, 0.15) is 0 Å². The van der Waals surface area contributed by atoms with E-state index in [1.54, 1.807) is 31.3 Å². The van der Waals surface area contributed by atoms with E-state index in [1.165, 1.54) is 6.07 Å². The van der Waals surface area contributed by atoms with E-state index in [2.05, 4.69) is 0 Å². The first-order valence-electron chi connectivity index (χ1n) is 9.64. The first kappa shape index (κ1) is 21.5. The molecule has 2 aromatic carbocycles. The van der Waals surface area contributed by atoms with E-state index in [1.807, 2.05) is 36.4 Å². The van der Waals surface area contributed by atoms with Gasteiger partial charge in [0.05, 0.1) is 13.2 Å². The van der Waals surface area contributed by atoms with Crippen LogP contribution in [0.25, 0.3) is 22.1 Å². The van der Waals surface area contributed by atoms with Crippen molar-refractivity contribution in [3.05, 3.63) is 65.0 Å². The summed E-state index contributed by atoms with van der Waals surface area (Å²) >= 11 is 0. The number of fused-ring (bicyclic) bond motifs is 1. The topological polar surface area (TPSA) is 78.2 Å². The molecule has 0 aliphatic rings. The number of methoxy groups -OCH3 is 2. The quantitative estimate of drug-likeness (QED) is 0.478. The third-order valence-corrected chi connectivity index (χ3v) is 4.65. The molecule has 0 aliphatic heterocycles. The maximum Gasteiger partial charge on any atom is 0.336 e. The molecule has 0 atom stereocenters. The Bertz CT molecular complexity index is 1020. The van der Waals surface area contributed by atoms with Gasteiger partial charge in [0.15, 0.2) is 6.61 Å². The first-order chi connectivity index (χ1) is 14.6. The molecule has 7 nitrogen and oxygen atoms in total. The van der Waals surface area contributed by atoms with E-state index in [9.17, 15) is 9.59 Å². The molecule has 30 heavy (non-hydrogen) atoms. The Hall–Kier alpha value is -3.16. The minimum absolute atomic E-state index is 0.137. The molecule has 1 heterocycles. The number of hydrogen-bond donors (Lipinski definition) is 0. The summed E-state index contributed by atoms with van der Waals surface area (Å²) in [6.07, 6.45) is 0. The van der Waals surface area contributed by atoms with Crippen molar-refractivity contribution in [2.24, 2.45) is 0 Å². The standard InChI is InChI=1S/C23H25NO6/c1-27-12-10-24(11-13-28-2)22(25)16-29-18-8-9-19-20(17-6-4-3-5-7-17)15-23(26)30-21(19)14-18/h3-9,14-15H,10-13,16H2,1-2H3. The molecular weight excluding hydrogens is 386 g/mol. The SMILES string of the molecule is COCCN(CCOC)C(=O)COc1ccc2c(-c3ccccc3)cc(=O)oc2c1. The van der Waals surface area contributed by atoms with Crippen molar-refractivity contribution in [3.63, 3.8) is 0 Å². The lowest BCUT2D eigenvalue weighted by molar-refractivity contribution is -0.134. The zero-order valence-electron chi connectivity index (χ0n) is 17.1. The van der Waals surface area contributed by atoms with E-state index in [0.717, 1.165) is 16.5 Å². The Morgan fingerprint density at radius 1 is 0.967 bits per heavy atom. The molecular formula is C23H25NO6. The van der Waals surface area contributed by atoms with Crippen molar-refractivity contribution in [2.45, 2.75) is 0 Å². The largest absolute Gasteiger partial charge is 0.484 e. The number of nitrogens with zero attached hydrogens (tertiary/aromatic N) is 1. The fourth-order valence-electron chi connectivity index (χ4n) is 3.09. The van der Waals surface area contributed by atoms with Gasteiger partial charge < -0.3 is 23.5 Å². The summed E-state index contributed by atoms with van der Waals surface area (Å²) in [4.78, 5) is 26.2. The predicted octanol–water partition coefficient (Wildman–Crippen LogP) is 2.96. The van der Waals surface area contributed by atoms with Gasteiger partial charge in [-0.2, -0.15) is 0 Å². The summed E-state index contributed by atoms with van der Waals surface area (Å²) in [6, 6.07) is 16.3. The fraction of sp³-hybridized carbons (Fsp3) is 0.304. The van der Waals surface area contributed by atoms with Crippen molar-refractivity contribution in [1.29, 1.82) is 0 Å². The van der Waals surface area contributed by atoms with Gasteiger partial charge in [-0.1, -0.05) is 30.3 Å². The van der Waals surface area contributed by atoms with Crippen LogP contribution < -0.4 is 10.4 Å². The third-order valence-electron chi connectivity index (χ3n) is 4.65. The van der Waals surface area contributed by atoms with Crippen LogP contribution in [0.4, 0.5) is 0 Å². The van der Waals surface area contributed by atoms with E-state index >= 15 is 0 Å². The number of ether oxygens (including phenoxy) is 3. The van der Waals surface area contributed by atoms with Crippen LogP contribution in [-0.4, -0.2) is 57.9 Å². The molecule has 158 valence electrons. The number of hydrogen-bond acceptors (Lipinski definition) is 6. The van der Waals surface area contributed by atoms with Gasteiger partial charge in [-0.25, -0.2) is 4.79 Å². The van der Waals surface area contributed by atoms with Crippen LogP contribution in [0.2, 0.25) is 0 Å². The first-order valence-corrected chi connectivity index (χ1v) is 9.64. The second kappa shape index (κ2) is 10.6. The second-order valence-electron chi connectivity index (χ2n) is 6.66. The van der Waals surface area contributed by atoms with Crippen molar-refractivity contribution in [3.8, 4) is 16.9 Å². The smallest absolute Gasteiger partial charge is 0.336 e. The summed E-state index contributed by atoms with van der Waals surface area (Å²) in [5, 5.41) is 0.793. The Labute approximate surface area is 174 Å². The molecule has 0 spiro atoms. The average molecular weight is 411 g/mol. The monoisotopic (exact) mass is 411 g/mol. The Balaban J connectivity index is 1.77. The minimum Gasteiger partial charge on any atom is -0.484 e. The molecule has 3 rings (SSSR count). The van der Waals surface area contributed by atoms with Crippen LogP contribution in [0.5, 0.6) is 5.75 Å². The molecule has 1 amide bonds. The molecule has 0 N–H and O–H groups in total. The molecule has 7 heteroatoms. The van der Waals surface area contributed by atoms with Crippen molar-refractivity contribution >= 4 is 16.9 Å². The van der Waals surface area contributed by atoms with Gasteiger partial charge in [-0.15, -0.1) is 0 Å². The van der Waals surface area contributed by atoms with Gasteiger partial charge in [0.1, 0.15) is 11.3 Å². The highest BCUT2D eigenvalue weighted by Crippen LogP contribution is 2.29. The average Bonchev–Trinajstić information content (AvgIpc) is 2.77. The van der Waals surface area contributed by atoms with Gasteiger partial charge in [0, 0.05) is 44.8 Å². The Morgan fingerprint density at radius 3 is 2.33 bits per heavy atom. The lowest BCUT2D eigenvalue weighted by Crippen LogP contribution is -2.39. The van der Waals surface area contributed by atoms with Crippen molar-refractivity contribution in [1.82, 2.24) is 4.90 Å². The highest BCUT2D eigenvalue weighted by Gasteiger charge is 2.15. The van der Waals surface area contributed by atoms with E-state index in [-0.39, 0.29) is 12.5 Å². The molecule has 0 bridgehead atoms. The zero-order valence-corrected chi connectivity index (χ0v) is 17.1. The Kier molecular flexibility index (Phi) is 7.59. The van der Waals surface area contributed by atoms with Crippen LogP contribution in [0.15, 0.2) is 63.8 Å². The normalized spacial score (nSPS) is 10.9. The zero-order chi connectivity index (χ0) is 21.3. The molecule has 0 aliphatic carbocycles. The number of benzene rings is 2. The lowest BCUT2D eigenvalue weighted by Gasteiger charge is -2.22. The minimum atomic E-state index is -0.445. The summed E-state index contributed by atoms with van der Waals surface area (Å²) in [7, 11) is 3.17. The molecule has 0 fully saturated rings. The number of carbonyl (C=O) groups excluding carboxylic acids is 1. The molecule has 1 aromatic heterocycles. The third kappa shape index (κ3) is 5.46. The van der Waals surface area contributed by atoms with Crippen molar-refractivity contribution < 1.29 is 23.4 Å². The highest BCUT2D eigenvalue weighted by molar-refractivity contribution is 5.93. The van der Waals surface area contributed by atoms with Gasteiger partial charge >= 0.3 is 5.63 Å². The maximum absolute atomic E-state index is 12.5. The van der Waals surface area contributed by atoms with E-state index in [0.29, 0.717) is 37.6 Å². The number of carbonyl (C=O) groups is 1. The maximum atomic E-state index is 12.5. The van der Waals surface area contributed by atoms with Crippen LogP contribution in [0, 0.1) is 0 Å². The van der Waals surface area contributed by atoms with Gasteiger partial charge in [-0.05, 0) is 23.3 Å². The fourth-order valence-corrected chi connectivity index (χ4v) is 3.09. The molecule has 0 unspecified atom stereocenters. The lowest BCUT2D eigenvalue weighted by atomic mass is 10.0. The van der Waals surface area contributed by atoms with Crippen LogP contribution in [-0.2, 0) is 14.3 Å². The number of amides is 1. The number of rotatable bonds is 10. The summed E-state index contributed by atoms with van der Waals surface area (Å²) in [5.74, 6) is 0.270. The molecule has 3 aromatic rings. The van der Waals surface area contributed by atoms with Crippen molar-refractivity contribution in [2.75, 3.05) is 47.1 Å². The van der Waals surface area contributed by atoms with Gasteiger partial charge in [-0.3, -0.25) is 4.79 Å². The summed E-state index contributed by atoms with van der Waals surface area (Å²) in [6.45, 7) is 1.63. The molecule has 0 radical (unpaired) electrons. The molecule has 0 saturated heterocycles. The van der Waals surface area contributed by atoms with Crippen LogP contribution >= 0.6 is 0 Å². The van der Waals surface area contributed by atoms with Gasteiger partial charge in [0.2, 0.25) is 0 Å². The predicted molar refractivity (Wildman–Crippen MR) is 114 cm³/mol. The van der Waals surface area contributed by atoms with Crippen LogP contribution in [0.3, 0.4) is 0 Å². The van der Waals surface area contributed by atoms with E-state index in [4.69, 9.17) is 18.6 Å². The second-order valence-corrected chi connectivity index (χ2v) is 6.66. The van der Waals surface area contributed by atoms with Gasteiger partial charge in [0.25, 0.3) is 5.91 Å². The summed E-state index contributed by atoms with van der Waals surface area (Å²) in [5.41, 5.74) is 1.67. The summed E-state index contributed by atoms with van der Waals surface area (Å²) < 4.78 is 21.1. The Morgan fingerprint density at radius 2 is 1.67 bits per heavy atom.